The van der Waals surface area contributed by atoms with Crippen LogP contribution < -0.4 is 10.6 Å². The van der Waals surface area contributed by atoms with Gasteiger partial charge in [0.2, 0.25) is 0 Å². The Morgan fingerprint density at radius 3 is 2.15 bits per heavy atom. The van der Waals surface area contributed by atoms with Gasteiger partial charge in [-0.15, -0.1) is 0 Å². The fourth-order valence-corrected chi connectivity index (χ4v) is 4.88. The second-order valence-electron chi connectivity index (χ2n) is 8.86. The average molecular weight is 381 g/mol. The Kier molecular flexibility index (Phi) is 12.1. The maximum atomic E-state index is 11.9. The van der Waals surface area contributed by atoms with Crippen LogP contribution in [0.5, 0.6) is 0 Å². The number of hydrogen-bond acceptors (Lipinski definition) is 4. The largest absolute Gasteiger partial charge is 0.469 e. The van der Waals surface area contributed by atoms with Crippen molar-refractivity contribution in [2.45, 2.75) is 102 Å². The first-order chi connectivity index (χ1) is 13.3. The molecular formula is C23H44N2O2. The quantitative estimate of drug-likeness (QED) is 0.491. The van der Waals surface area contributed by atoms with E-state index in [1.807, 2.05) is 0 Å². The highest BCUT2D eigenvalue weighted by molar-refractivity contribution is 5.72. The number of methoxy groups -OCH3 is 1. The van der Waals surface area contributed by atoms with Gasteiger partial charge in [0.05, 0.1) is 13.0 Å². The van der Waals surface area contributed by atoms with E-state index >= 15 is 0 Å². The van der Waals surface area contributed by atoms with Gasteiger partial charge >= 0.3 is 5.97 Å². The number of ether oxygens (including phenoxy) is 1. The maximum absolute atomic E-state index is 11.9. The highest BCUT2D eigenvalue weighted by Gasteiger charge is 2.20. The standard InChI is InChI=1S/C23H44N2O2/c1-27-23(26)21-13-8-5-9-15-22(16-10-14-21)25-18-17-24-19-20-11-6-3-2-4-7-12-20/h20-22,24-25H,2-19H2,1H3. The molecule has 2 rings (SSSR count). The SMILES string of the molecule is COC(=O)C1CCCCCC(NCCNCC2CCCCCCC2)CCC1. The summed E-state index contributed by atoms with van der Waals surface area (Å²) in [4.78, 5) is 11.9. The molecule has 2 aliphatic rings. The molecule has 2 aliphatic carbocycles. The fraction of sp³-hybridized carbons (Fsp3) is 0.957. The molecular weight excluding hydrogens is 336 g/mol. The second-order valence-corrected chi connectivity index (χ2v) is 8.86. The Morgan fingerprint density at radius 2 is 1.37 bits per heavy atom. The van der Waals surface area contributed by atoms with Gasteiger partial charge in [-0.1, -0.05) is 57.8 Å². The maximum Gasteiger partial charge on any atom is 0.308 e. The van der Waals surface area contributed by atoms with E-state index in [9.17, 15) is 4.79 Å². The lowest BCUT2D eigenvalue weighted by Crippen LogP contribution is -2.37. The summed E-state index contributed by atoms with van der Waals surface area (Å²) in [5.74, 6) is 1.02. The number of carbonyl (C=O) groups excluding carboxylic acids is 1. The molecule has 0 amide bonds. The van der Waals surface area contributed by atoms with Gasteiger partial charge in [-0.3, -0.25) is 4.79 Å². The zero-order valence-corrected chi connectivity index (χ0v) is 17.8. The van der Waals surface area contributed by atoms with E-state index in [0.29, 0.717) is 6.04 Å². The lowest BCUT2D eigenvalue weighted by atomic mass is 9.90. The van der Waals surface area contributed by atoms with Gasteiger partial charge in [-0.2, -0.15) is 0 Å². The van der Waals surface area contributed by atoms with Crippen LogP contribution in [0.4, 0.5) is 0 Å². The van der Waals surface area contributed by atoms with Crippen LogP contribution in [0.25, 0.3) is 0 Å². The molecule has 0 aromatic heterocycles. The van der Waals surface area contributed by atoms with Crippen molar-refractivity contribution in [1.29, 1.82) is 0 Å². The molecule has 27 heavy (non-hydrogen) atoms. The van der Waals surface area contributed by atoms with E-state index in [4.69, 9.17) is 4.74 Å². The molecule has 2 saturated carbocycles. The summed E-state index contributed by atoms with van der Waals surface area (Å²) >= 11 is 0. The molecule has 0 saturated heterocycles. The second kappa shape index (κ2) is 14.4. The summed E-state index contributed by atoms with van der Waals surface area (Å²) < 4.78 is 4.98. The zero-order chi connectivity index (χ0) is 19.2. The average Bonchev–Trinajstić information content (AvgIpc) is 2.66. The van der Waals surface area contributed by atoms with Gasteiger partial charge in [0.25, 0.3) is 0 Å². The third-order valence-corrected chi connectivity index (χ3v) is 6.64. The number of esters is 1. The minimum Gasteiger partial charge on any atom is -0.469 e. The Balaban J connectivity index is 1.58. The summed E-state index contributed by atoms with van der Waals surface area (Å²) in [7, 11) is 1.52. The Labute approximate surface area is 167 Å². The Bertz CT molecular complexity index is 381. The summed E-state index contributed by atoms with van der Waals surface area (Å²) in [6.07, 6.45) is 19.3. The van der Waals surface area contributed by atoms with Crippen LogP contribution in [0.3, 0.4) is 0 Å². The van der Waals surface area contributed by atoms with Gasteiger partial charge in [-0.05, 0) is 51.0 Å². The normalized spacial score (nSPS) is 26.7. The van der Waals surface area contributed by atoms with Crippen LogP contribution >= 0.6 is 0 Å². The van der Waals surface area contributed by atoms with Gasteiger partial charge in [-0.25, -0.2) is 0 Å². The third-order valence-electron chi connectivity index (χ3n) is 6.64. The van der Waals surface area contributed by atoms with Gasteiger partial charge in [0, 0.05) is 19.1 Å². The van der Waals surface area contributed by atoms with Crippen molar-refractivity contribution >= 4 is 5.97 Å². The molecule has 0 aliphatic heterocycles. The van der Waals surface area contributed by atoms with Gasteiger partial charge in [0.1, 0.15) is 0 Å². The van der Waals surface area contributed by atoms with E-state index < -0.39 is 0 Å². The molecule has 2 atom stereocenters. The molecule has 0 heterocycles. The molecule has 2 fully saturated rings. The highest BCUT2D eigenvalue weighted by Crippen LogP contribution is 2.23. The Hall–Kier alpha value is -0.610. The zero-order valence-electron chi connectivity index (χ0n) is 17.8. The van der Waals surface area contributed by atoms with Crippen LogP contribution in [0, 0.1) is 11.8 Å². The summed E-state index contributed by atoms with van der Waals surface area (Å²) in [5.41, 5.74) is 0. The van der Waals surface area contributed by atoms with Crippen LogP contribution in [-0.4, -0.2) is 38.8 Å². The van der Waals surface area contributed by atoms with Crippen molar-refractivity contribution in [2.24, 2.45) is 11.8 Å². The smallest absolute Gasteiger partial charge is 0.308 e. The molecule has 0 aromatic carbocycles. The van der Waals surface area contributed by atoms with Gasteiger partial charge in [0.15, 0.2) is 0 Å². The van der Waals surface area contributed by atoms with Crippen molar-refractivity contribution in [2.75, 3.05) is 26.7 Å². The van der Waals surface area contributed by atoms with Crippen molar-refractivity contribution in [3.8, 4) is 0 Å². The van der Waals surface area contributed by atoms with Gasteiger partial charge < -0.3 is 15.4 Å². The minimum atomic E-state index is -0.00139. The van der Waals surface area contributed by atoms with Crippen molar-refractivity contribution in [3.05, 3.63) is 0 Å². The number of rotatable bonds is 7. The van der Waals surface area contributed by atoms with E-state index in [1.165, 1.54) is 84.3 Å². The van der Waals surface area contributed by atoms with E-state index in [2.05, 4.69) is 10.6 Å². The predicted octanol–water partition coefficient (Wildman–Crippen LogP) is 4.82. The molecule has 4 heteroatoms. The van der Waals surface area contributed by atoms with Crippen LogP contribution in [0.1, 0.15) is 96.3 Å². The molecule has 0 bridgehead atoms. The molecule has 4 nitrogen and oxygen atoms in total. The first kappa shape index (κ1) is 22.7. The molecule has 158 valence electrons. The van der Waals surface area contributed by atoms with E-state index in [1.54, 1.807) is 0 Å². The number of nitrogens with one attached hydrogen (secondary N) is 2. The highest BCUT2D eigenvalue weighted by atomic mass is 16.5. The molecule has 2 unspecified atom stereocenters. The predicted molar refractivity (Wildman–Crippen MR) is 113 cm³/mol. The van der Waals surface area contributed by atoms with Crippen molar-refractivity contribution < 1.29 is 9.53 Å². The molecule has 0 aromatic rings. The van der Waals surface area contributed by atoms with Crippen LogP contribution in [-0.2, 0) is 9.53 Å². The Morgan fingerprint density at radius 1 is 0.778 bits per heavy atom. The first-order valence-electron chi connectivity index (χ1n) is 11.8. The summed E-state index contributed by atoms with van der Waals surface area (Å²) in [6.45, 7) is 3.35. The third kappa shape index (κ3) is 9.94. The topological polar surface area (TPSA) is 50.4 Å². The summed E-state index contributed by atoms with van der Waals surface area (Å²) in [6, 6.07) is 0.615. The molecule has 2 N–H and O–H groups in total. The van der Waals surface area contributed by atoms with Crippen LogP contribution in [0.2, 0.25) is 0 Å². The first-order valence-corrected chi connectivity index (χ1v) is 11.8. The molecule has 0 radical (unpaired) electrons. The van der Waals surface area contributed by atoms with E-state index in [0.717, 1.165) is 44.7 Å². The minimum absolute atomic E-state index is 0.00139. The van der Waals surface area contributed by atoms with Crippen molar-refractivity contribution in [1.82, 2.24) is 10.6 Å². The van der Waals surface area contributed by atoms with Crippen LogP contribution in [0.15, 0.2) is 0 Å². The number of hydrogen-bond donors (Lipinski definition) is 2. The fourth-order valence-electron chi connectivity index (χ4n) is 4.88. The number of carbonyl (C=O) groups is 1. The van der Waals surface area contributed by atoms with E-state index in [-0.39, 0.29) is 11.9 Å². The lowest BCUT2D eigenvalue weighted by molar-refractivity contribution is -0.146. The van der Waals surface area contributed by atoms with Crippen molar-refractivity contribution in [3.63, 3.8) is 0 Å². The lowest BCUT2D eigenvalue weighted by Gasteiger charge is -2.23. The summed E-state index contributed by atoms with van der Waals surface area (Å²) in [5, 5.41) is 7.48. The molecule has 0 spiro atoms. The monoisotopic (exact) mass is 380 g/mol.